The number of carbonyl (C=O) groups is 1. The SMILES string of the molecule is CC(=O)Nc1csc(-c2cccc(N)c2)n1. The van der Waals surface area contributed by atoms with Gasteiger partial charge in [-0.1, -0.05) is 12.1 Å². The van der Waals surface area contributed by atoms with E-state index in [0.29, 0.717) is 11.5 Å². The van der Waals surface area contributed by atoms with Crippen molar-refractivity contribution in [3.8, 4) is 10.6 Å². The highest BCUT2D eigenvalue weighted by Crippen LogP contribution is 2.26. The van der Waals surface area contributed by atoms with Gasteiger partial charge in [-0.2, -0.15) is 0 Å². The normalized spacial score (nSPS) is 10.1. The van der Waals surface area contributed by atoms with Crippen LogP contribution in [0.15, 0.2) is 29.6 Å². The first-order chi connectivity index (χ1) is 7.65. The first kappa shape index (κ1) is 10.6. The third kappa shape index (κ3) is 2.38. The molecule has 0 bridgehead atoms. The van der Waals surface area contributed by atoms with Crippen molar-refractivity contribution in [3.05, 3.63) is 29.6 Å². The Labute approximate surface area is 97.1 Å². The van der Waals surface area contributed by atoms with Crippen molar-refractivity contribution < 1.29 is 4.79 Å². The lowest BCUT2D eigenvalue weighted by molar-refractivity contribution is -0.114. The molecule has 2 aromatic rings. The molecule has 5 heteroatoms. The Bertz CT molecular complexity index is 521. The summed E-state index contributed by atoms with van der Waals surface area (Å²) in [5.41, 5.74) is 7.35. The summed E-state index contributed by atoms with van der Waals surface area (Å²) in [5, 5.41) is 5.29. The van der Waals surface area contributed by atoms with Gasteiger partial charge in [0.15, 0.2) is 0 Å². The summed E-state index contributed by atoms with van der Waals surface area (Å²) in [6, 6.07) is 7.50. The number of anilines is 2. The minimum Gasteiger partial charge on any atom is -0.399 e. The topological polar surface area (TPSA) is 68.0 Å². The number of benzene rings is 1. The molecule has 0 radical (unpaired) electrons. The van der Waals surface area contributed by atoms with Gasteiger partial charge in [-0.25, -0.2) is 4.98 Å². The minimum absolute atomic E-state index is 0.121. The second-order valence-electron chi connectivity index (χ2n) is 3.34. The van der Waals surface area contributed by atoms with Gasteiger partial charge in [-0.3, -0.25) is 4.79 Å². The van der Waals surface area contributed by atoms with Crippen molar-refractivity contribution in [1.82, 2.24) is 4.98 Å². The van der Waals surface area contributed by atoms with E-state index in [-0.39, 0.29) is 5.91 Å². The van der Waals surface area contributed by atoms with E-state index in [1.54, 1.807) is 5.38 Å². The van der Waals surface area contributed by atoms with E-state index >= 15 is 0 Å². The van der Waals surface area contributed by atoms with Gasteiger partial charge in [0.05, 0.1) is 0 Å². The van der Waals surface area contributed by atoms with E-state index in [9.17, 15) is 4.79 Å². The van der Waals surface area contributed by atoms with E-state index in [0.717, 1.165) is 10.6 Å². The van der Waals surface area contributed by atoms with Crippen molar-refractivity contribution in [2.45, 2.75) is 6.92 Å². The number of nitrogens with two attached hydrogens (primary N) is 1. The zero-order chi connectivity index (χ0) is 11.5. The molecular formula is C11H11N3OS. The molecule has 2 rings (SSSR count). The summed E-state index contributed by atoms with van der Waals surface area (Å²) in [6.45, 7) is 1.46. The highest BCUT2D eigenvalue weighted by molar-refractivity contribution is 7.13. The molecule has 0 spiro atoms. The summed E-state index contributed by atoms with van der Waals surface area (Å²) >= 11 is 1.47. The molecule has 3 N–H and O–H groups in total. The van der Waals surface area contributed by atoms with Crippen molar-refractivity contribution in [2.24, 2.45) is 0 Å². The number of nitrogens with one attached hydrogen (secondary N) is 1. The summed E-state index contributed by atoms with van der Waals surface area (Å²) in [7, 11) is 0. The molecule has 1 aromatic heterocycles. The number of hydrogen-bond donors (Lipinski definition) is 2. The van der Waals surface area contributed by atoms with Gasteiger partial charge in [-0.15, -0.1) is 11.3 Å². The van der Waals surface area contributed by atoms with Gasteiger partial charge in [-0.05, 0) is 12.1 Å². The van der Waals surface area contributed by atoms with Gasteiger partial charge in [0.1, 0.15) is 10.8 Å². The van der Waals surface area contributed by atoms with Crippen molar-refractivity contribution >= 4 is 28.7 Å². The summed E-state index contributed by atoms with van der Waals surface area (Å²) in [4.78, 5) is 15.1. The second kappa shape index (κ2) is 4.32. The van der Waals surface area contributed by atoms with Crippen LogP contribution in [0, 0.1) is 0 Å². The number of amides is 1. The molecule has 0 aliphatic rings. The average molecular weight is 233 g/mol. The summed E-state index contributed by atoms with van der Waals surface area (Å²) in [6.07, 6.45) is 0. The molecule has 0 aliphatic heterocycles. The molecule has 1 aromatic carbocycles. The maximum absolute atomic E-state index is 10.8. The highest BCUT2D eigenvalue weighted by atomic mass is 32.1. The number of nitrogen functional groups attached to an aromatic ring is 1. The predicted molar refractivity (Wildman–Crippen MR) is 66.3 cm³/mol. The lowest BCUT2D eigenvalue weighted by Crippen LogP contribution is -2.05. The van der Waals surface area contributed by atoms with Crippen LogP contribution in [0.5, 0.6) is 0 Å². The molecule has 4 nitrogen and oxygen atoms in total. The Kier molecular flexibility index (Phi) is 2.87. The van der Waals surface area contributed by atoms with Crippen LogP contribution in [0.25, 0.3) is 10.6 Å². The molecule has 0 unspecified atom stereocenters. The van der Waals surface area contributed by atoms with Crippen molar-refractivity contribution in [1.29, 1.82) is 0 Å². The van der Waals surface area contributed by atoms with Crippen LogP contribution in [-0.2, 0) is 4.79 Å². The van der Waals surface area contributed by atoms with E-state index in [2.05, 4.69) is 10.3 Å². The largest absolute Gasteiger partial charge is 0.399 e. The monoisotopic (exact) mass is 233 g/mol. The van der Waals surface area contributed by atoms with Crippen molar-refractivity contribution in [2.75, 3.05) is 11.1 Å². The molecular weight excluding hydrogens is 222 g/mol. The summed E-state index contributed by atoms with van der Waals surface area (Å²) < 4.78 is 0. The zero-order valence-corrected chi connectivity index (χ0v) is 9.54. The Morgan fingerprint density at radius 2 is 2.31 bits per heavy atom. The molecule has 0 fully saturated rings. The molecule has 0 saturated heterocycles. The number of thiazole rings is 1. The Morgan fingerprint density at radius 1 is 1.50 bits per heavy atom. The lowest BCUT2D eigenvalue weighted by Gasteiger charge is -1.97. The lowest BCUT2D eigenvalue weighted by atomic mass is 10.2. The van der Waals surface area contributed by atoms with Crippen LogP contribution in [0.2, 0.25) is 0 Å². The van der Waals surface area contributed by atoms with Crippen LogP contribution in [-0.4, -0.2) is 10.9 Å². The fourth-order valence-corrected chi connectivity index (χ4v) is 2.06. The number of aromatic nitrogens is 1. The van der Waals surface area contributed by atoms with Crippen LogP contribution in [0.3, 0.4) is 0 Å². The number of nitrogens with zero attached hydrogens (tertiary/aromatic N) is 1. The molecule has 16 heavy (non-hydrogen) atoms. The maximum Gasteiger partial charge on any atom is 0.222 e. The first-order valence-corrected chi connectivity index (χ1v) is 5.62. The van der Waals surface area contributed by atoms with E-state index in [4.69, 9.17) is 5.73 Å². The predicted octanol–water partition coefficient (Wildman–Crippen LogP) is 2.35. The quantitative estimate of drug-likeness (QED) is 0.782. The average Bonchev–Trinajstić information content (AvgIpc) is 2.65. The molecule has 1 amide bonds. The van der Waals surface area contributed by atoms with Crippen LogP contribution >= 0.6 is 11.3 Å². The molecule has 1 heterocycles. The van der Waals surface area contributed by atoms with Crippen LogP contribution in [0.4, 0.5) is 11.5 Å². The minimum atomic E-state index is -0.121. The molecule has 0 saturated carbocycles. The van der Waals surface area contributed by atoms with Crippen LogP contribution < -0.4 is 11.1 Å². The zero-order valence-electron chi connectivity index (χ0n) is 8.73. The van der Waals surface area contributed by atoms with Gasteiger partial charge < -0.3 is 11.1 Å². The van der Waals surface area contributed by atoms with Gasteiger partial charge >= 0.3 is 0 Å². The van der Waals surface area contributed by atoms with Gasteiger partial charge in [0.25, 0.3) is 0 Å². The highest BCUT2D eigenvalue weighted by Gasteiger charge is 2.05. The fourth-order valence-electron chi connectivity index (χ4n) is 1.32. The van der Waals surface area contributed by atoms with E-state index in [1.807, 2.05) is 24.3 Å². The van der Waals surface area contributed by atoms with Gasteiger partial charge in [0, 0.05) is 23.6 Å². The number of rotatable bonds is 2. The van der Waals surface area contributed by atoms with E-state index < -0.39 is 0 Å². The van der Waals surface area contributed by atoms with Crippen LogP contribution in [0.1, 0.15) is 6.92 Å². The maximum atomic E-state index is 10.8. The Hall–Kier alpha value is -1.88. The standard InChI is InChI=1S/C11H11N3OS/c1-7(15)13-10-6-16-11(14-10)8-3-2-4-9(12)5-8/h2-6H,12H2,1H3,(H,13,15). The van der Waals surface area contributed by atoms with Gasteiger partial charge in [0.2, 0.25) is 5.91 Å². The fraction of sp³-hybridized carbons (Fsp3) is 0.0909. The third-order valence-corrected chi connectivity index (χ3v) is 2.83. The summed E-state index contributed by atoms with van der Waals surface area (Å²) in [5.74, 6) is 0.458. The first-order valence-electron chi connectivity index (χ1n) is 4.74. The third-order valence-electron chi connectivity index (χ3n) is 1.94. The number of carbonyl (C=O) groups excluding carboxylic acids is 1. The van der Waals surface area contributed by atoms with E-state index in [1.165, 1.54) is 18.3 Å². The smallest absolute Gasteiger partial charge is 0.222 e. The molecule has 0 aliphatic carbocycles. The molecule has 82 valence electrons. The second-order valence-corrected chi connectivity index (χ2v) is 4.20. The Balaban J connectivity index is 2.28. The number of hydrogen-bond acceptors (Lipinski definition) is 4. The molecule has 0 atom stereocenters. The van der Waals surface area contributed by atoms with Crippen molar-refractivity contribution in [3.63, 3.8) is 0 Å². The Morgan fingerprint density at radius 3 is 3.00 bits per heavy atom.